The number of carbonyl (C=O) groups is 1. The fraction of sp³-hybridized carbons (Fsp3) is 0.476. The molecular weight excluding hydrogens is 326 g/mol. The Morgan fingerprint density at radius 1 is 1.19 bits per heavy atom. The number of aromatic nitrogens is 2. The van der Waals surface area contributed by atoms with Gasteiger partial charge in [0.1, 0.15) is 5.69 Å². The number of hydrogen-bond donors (Lipinski definition) is 1. The molecule has 2 fully saturated rings. The third-order valence-corrected chi connectivity index (χ3v) is 6.07. The van der Waals surface area contributed by atoms with Gasteiger partial charge in [0.15, 0.2) is 0 Å². The quantitative estimate of drug-likeness (QED) is 0.901. The summed E-state index contributed by atoms with van der Waals surface area (Å²) in [4.78, 5) is 24.7. The lowest BCUT2D eigenvalue weighted by Gasteiger charge is -2.28. The first-order chi connectivity index (χ1) is 12.6. The van der Waals surface area contributed by atoms with Gasteiger partial charge in [0.25, 0.3) is 11.5 Å². The van der Waals surface area contributed by atoms with Crippen molar-refractivity contribution in [2.45, 2.75) is 45.2 Å². The lowest BCUT2D eigenvalue weighted by molar-refractivity contribution is 0.0907. The normalized spacial score (nSPS) is 25.2. The van der Waals surface area contributed by atoms with Gasteiger partial charge in [-0.2, -0.15) is 5.10 Å². The third kappa shape index (κ3) is 3.43. The molecule has 1 aromatic carbocycles. The van der Waals surface area contributed by atoms with Crippen molar-refractivity contribution in [3.8, 4) is 0 Å². The maximum atomic E-state index is 12.6. The standard InChI is InChI=1S/C21H25N3O2/c1-14(18-12-16-7-8-17(18)11-16)22-21(26)19-9-10-20(25)24(23-19)13-15-5-3-2-4-6-15/h2-6,9-10,14,16-18H,7-8,11-13H2,1H3,(H,22,26)/t14-,16-,17-,18+/m0/s1. The Morgan fingerprint density at radius 2 is 2.00 bits per heavy atom. The van der Waals surface area contributed by atoms with Crippen molar-refractivity contribution in [3.63, 3.8) is 0 Å². The first-order valence-electron chi connectivity index (χ1n) is 9.53. The monoisotopic (exact) mass is 351 g/mol. The summed E-state index contributed by atoms with van der Waals surface area (Å²) < 4.78 is 1.35. The summed E-state index contributed by atoms with van der Waals surface area (Å²) in [6.45, 7) is 2.46. The van der Waals surface area contributed by atoms with Gasteiger partial charge in [-0.3, -0.25) is 9.59 Å². The van der Waals surface area contributed by atoms with Crippen LogP contribution in [0.5, 0.6) is 0 Å². The van der Waals surface area contributed by atoms with E-state index in [1.54, 1.807) is 0 Å². The zero-order valence-corrected chi connectivity index (χ0v) is 15.1. The Labute approximate surface area is 153 Å². The van der Waals surface area contributed by atoms with Gasteiger partial charge in [-0.05, 0) is 55.6 Å². The van der Waals surface area contributed by atoms with Crippen LogP contribution < -0.4 is 10.9 Å². The number of amides is 1. The van der Waals surface area contributed by atoms with Gasteiger partial charge in [0.05, 0.1) is 6.54 Å². The van der Waals surface area contributed by atoms with E-state index in [0.29, 0.717) is 18.2 Å². The molecule has 136 valence electrons. The molecule has 1 aromatic heterocycles. The molecule has 1 heterocycles. The average molecular weight is 351 g/mol. The van der Waals surface area contributed by atoms with Crippen LogP contribution in [0.3, 0.4) is 0 Å². The second-order valence-corrected chi connectivity index (χ2v) is 7.80. The van der Waals surface area contributed by atoms with E-state index >= 15 is 0 Å². The number of fused-ring (bicyclic) bond motifs is 2. The van der Waals surface area contributed by atoms with E-state index in [1.807, 2.05) is 30.3 Å². The van der Waals surface area contributed by atoms with Crippen LogP contribution >= 0.6 is 0 Å². The van der Waals surface area contributed by atoms with Crippen molar-refractivity contribution in [1.29, 1.82) is 0 Å². The van der Waals surface area contributed by atoms with E-state index in [9.17, 15) is 9.59 Å². The van der Waals surface area contributed by atoms with Crippen LogP contribution in [0.1, 0.15) is 48.7 Å². The van der Waals surface area contributed by atoms with Gasteiger partial charge < -0.3 is 5.32 Å². The molecular formula is C21H25N3O2. The van der Waals surface area contributed by atoms with Crippen LogP contribution in [0.2, 0.25) is 0 Å². The summed E-state index contributed by atoms with van der Waals surface area (Å²) in [6.07, 6.45) is 5.21. The van der Waals surface area contributed by atoms with E-state index in [-0.39, 0.29) is 17.5 Å². The fourth-order valence-corrected chi connectivity index (χ4v) is 4.73. The highest BCUT2D eigenvalue weighted by Crippen LogP contribution is 2.49. The second kappa shape index (κ2) is 7.06. The molecule has 2 bridgehead atoms. The van der Waals surface area contributed by atoms with E-state index in [2.05, 4.69) is 17.3 Å². The van der Waals surface area contributed by atoms with E-state index in [1.165, 1.54) is 42.5 Å². The number of carbonyl (C=O) groups excluding carboxylic acids is 1. The molecule has 5 heteroatoms. The summed E-state index contributed by atoms with van der Waals surface area (Å²) in [7, 11) is 0. The second-order valence-electron chi connectivity index (χ2n) is 7.80. The molecule has 0 aliphatic heterocycles. The molecule has 26 heavy (non-hydrogen) atoms. The predicted octanol–water partition coefficient (Wildman–Crippen LogP) is 2.85. The molecule has 4 atom stereocenters. The average Bonchev–Trinajstić information content (AvgIpc) is 3.28. The van der Waals surface area contributed by atoms with Crippen molar-refractivity contribution >= 4 is 5.91 Å². The molecule has 2 aliphatic carbocycles. The Kier molecular flexibility index (Phi) is 4.62. The van der Waals surface area contributed by atoms with E-state index < -0.39 is 0 Å². The zero-order chi connectivity index (χ0) is 18.1. The van der Waals surface area contributed by atoms with Crippen molar-refractivity contribution in [1.82, 2.24) is 15.1 Å². The highest BCUT2D eigenvalue weighted by Gasteiger charge is 2.42. The van der Waals surface area contributed by atoms with Crippen LogP contribution in [0.25, 0.3) is 0 Å². The SMILES string of the molecule is C[C@H](NC(=O)c1ccc(=O)n(Cc2ccccc2)n1)[C@H]1C[C@H]2CC[C@H]1C2. The molecule has 2 aromatic rings. The third-order valence-electron chi connectivity index (χ3n) is 6.07. The predicted molar refractivity (Wildman–Crippen MR) is 99.9 cm³/mol. The lowest BCUT2D eigenvalue weighted by atomic mass is 9.84. The highest BCUT2D eigenvalue weighted by molar-refractivity contribution is 5.92. The molecule has 0 spiro atoms. The maximum absolute atomic E-state index is 12.6. The van der Waals surface area contributed by atoms with Gasteiger partial charge in [-0.1, -0.05) is 36.8 Å². The van der Waals surface area contributed by atoms with E-state index in [0.717, 1.165) is 17.4 Å². The van der Waals surface area contributed by atoms with Gasteiger partial charge in [0, 0.05) is 12.1 Å². The molecule has 0 unspecified atom stereocenters. The number of nitrogens with zero attached hydrogens (tertiary/aromatic N) is 2. The van der Waals surface area contributed by atoms with Crippen LogP contribution in [-0.2, 0) is 6.54 Å². The Hall–Kier alpha value is -2.43. The first-order valence-corrected chi connectivity index (χ1v) is 9.53. The Morgan fingerprint density at radius 3 is 2.69 bits per heavy atom. The summed E-state index contributed by atoms with van der Waals surface area (Å²) >= 11 is 0. The number of rotatable bonds is 5. The molecule has 0 radical (unpaired) electrons. The van der Waals surface area contributed by atoms with E-state index in [4.69, 9.17) is 0 Å². The minimum atomic E-state index is -0.202. The topological polar surface area (TPSA) is 64.0 Å². The van der Waals surface area contributed by atoms with Gasteiger partial charge in [-0.15, -0.1) is 0 Å². The number of nitrogens with one attached hydrogen (secondary N) is 1. The molecule has 5 nitrogen and oxygen atoms in total. The summed E-state index contributed by atoms with van der Waals surface area (Å²) in [5, 5.41) is 7.40. The van der Waals surface area contributed by atoms with Crippen molar-refractivity contribution in [2.24, 2.45) is 17.8 Å². The highest BCUT2D eigenvalue weighted by atomic mass is 16.2. The Balaban J connectivity index is 1.46. The van der Waals surface area contributed by atoms with Crippen LogP contribution in [0.15, 0.2) is 47.3 Å². The van der Waals surface area contributed by atoms with Crippen molar-refractivity contribution in [2.75, 3.05) is 0 Å². The lowest BCUT2D eigenvalue weighted by Crippen LogP contribution is -2.41. The molecule has 1 N–H and O–H groups in total. The first kappa shape index (κ1) is 17.0. The van der Waals surface area contributed by atoms with Gasteiger partial charge in [-0.25, -0.2) is 4.68 Å². The molecule has 2 saturated carbocycles. The minimum absolute atomic E-state index is 0.147. The van der Waals surface area contributed by atoms with Crippen LogP contribution in [0, 0.1) is 17.8 Å². The molecule has 1 amide bonds. The molecule has 2 aliphatic rings. The van der Waals surface area contributed by atoms with Gasteiger partial charge in [0.2, 0.25) is 0 Å². The summed E-state index contributed by atoms with van der Waals surface area (Å²) in [5.74, 6) is 2.00. The zero-order valence-electron chi connectivity index (χ0n) is 15.1. The molecule has 0 saturated heterocycles. The maximum Gasteiger partial charge on any atom is 0.271 e. The smallest absolute Gasteiger partial charge is 0.271 e. The minimum Gasteiger partial charge on any atom is -0.348 e. The number of hydrogen-bond acceptors (Lipinski definition) is 3. The van der Waals surface area contributed by atoms with Crippen molar-refractivity contribution in [3.05, 3.63) is 64.1 Å². The Bertz CT molecular complexity index is 846. The largest absolute Gasteiger partial charge is 0.348 e. The van der Waals surface area contributed by atoms with Gasteiger partial charge >= 0.3 is 0 Å². The number of benzene rings is 1. The van der Waals surface area contributed by atoms with Crippen LogP contribution in [-0.4, -0.2) is 21.7 Å². The van der Waals surface area contributed by atoms with Crippen LogP contribution in [0.4, 0.5) is 0 Å². The van der Waals surface area contributed by atoms with Crippen molar-refractivity contribution < 1.29 is 4.79 Å². The fourth-order valence-electron chi connectivity index (χ4n) is 4.73. The summed E-state index contributed by atoms with van der Waals surface area (Å²) in [5.41, 5.74) is 1.08. The molecule has 4 rings (SSSR count). The summed E-state index contributed by atoms with van der Waals surface area (Å²) in [6, 6.07) is 12.8.